The van der Waals surface area contributed by atoms with Crippen LogP contribution in [0.15, 0.2) is 41.8 Å². The Morgan fingerprint density at radius 3 is 2.50 bits per heavy atom. The third-order valence-corrected chi connectivity index (χ3v) is 3.37. The Bertz CT molecular complexity index is 546. The molecule has 92 valence electrons. The van der Waals surface area contributed by atoms with Crippen molar-refractivity contribution in [3.8, 4) is 0 Å². The zero-order valence-corrected chi connectivity index (χ0v) is 10.8. The topological polar surface area (TPSA) is 43.4 Å². The van der Waals surface area contributed by atoms with E-state index in [4.69, 9.17) is 16.3 Å². The molecule has 5 heteroatoms. The number of thiophene rings is 1. The normalized spacial score (nSPS) is 10.1. The first-order valence-corrected chi connectivity index (χ1v) is 6.42. The Kier molecular flexibility index (Phi) is 4.12. The van der Waals surface area contributed by atoms with Crippen LogP contribution >= 0.6 is 22.9 Å². The number of rotatable bonds is 4. The standard InChI is InChI=1S/C13H9ClO3S/c14-10-5-3-9(4-6-10)13(16)17-8-11(15)12-2-1-7-18-12/h1-7H,8H2. The molecule has 0 saturated heterocycles. The van der Waals surface area contributed by atoms with Gasteiger partial charge >= 0.3 is 5.97 Å². The molecule has 2 aromatic rings. The minimum Gasteiger partial charge on any atom is -0.454 e. The number of halogens is 1. The number of ketones is 1. The predicted molar refractivity (Wildman–Crippen MR) is 70.4 cm³/mol. The Hall–Kier alpha value is -1.65. The van der Waals surface area contributed by atoms with Crippen LogP contribution in [0.25, 0.3) is 0 Å². The van der Waals surface area contributed by atoms with E-state index >= 15 is 0 Å². The van der Waals surface area contributed by atoms with E-state index < -0.39 is 5.97 Å². The van der Waals surface area contributed by atoms with Gasteiger partial charge in [0.1, 0.15) is 0 Å². The lowest BCUT2D eigenvalue weighted by Crippen LogP contribution is -2.13. The van der Waals surface area contributed by atoms with Crippen molar-refractivity contribution in [2.24, 2.45) is 0 Å². The number of hydrogen-bond acceptors (Lipinski definition) is 4. The Morgan fingerprint density at radius 1 is 1.17 bits per heavy atom. The summed E-state index contributed by atoms with van der Waals surface area (Å²) in [6.07, 6.45) is 0. The molecule has 0 aliphatic heterocycles. The van der Waals surface area contributed by atoms with Crippen molar-refractivity contribution in [3.63, 3.8) is 0 Å². The first-order valence-electron chi connectivity index (χ1n) is 5.16. The molecule has 0 saturated carbocycles. The molecule has 0 radical (unpaired) electrons. The maximum absolute atomic E-state index is 11.6. The number of carbonyl (C=O) groups is 2. The van der Waals surface area contributed by atoms with Crippen molar-refractivity contribution in [1.82, 2.24) is 0 Å². The van der Waals surface area contributed by atoms with E-state index in [1.54, 1.807) is 41.8 Å². The van der Waals surface area contributed by atoms with E-state index in [1.165, 1.54) is 11.3 Å². The van der Waals surface area contributed by atoms with Crippen LogP contribution in [-0.4, -0.2) is 18.4 Å². The highest BCUT2D eigenvalue weighted by Gasteiger charge is 2.12. The van der Waals surface area contributed by atoms with Crippen molar-refractivity contribution in [1.29, 1.82) is 0 Å². The van der Waals surface area contributed by atoms with E-state index in [0.29, 0.717) is 15.5 Å². The molecule has 0 atom stereocenters. The van der Waals surface area contributed by atoms with Gasteiger partial charge in [0, 0.05) is 5.02 Å². The second-order valence-electron chi connectivity index (χ2n) is 3.48. The highest BCUT2D eigenvalue weighted by atomic mass is 35.5. The first kappa shape index (κ1) is 12.8. The summed E-state index contributed by atoms with van der Waals surface area (Å²) in [5.41, 5.74) is 0.373. The smallest absolute Gasteiger partial charge is 0.338 e. The summed E-state index contributed by atoms with van der Waals surface area (Å²) < 4.78 is 4.93. The first-order chi connectivity index (χ1) is 8.66. The van der Waals surface area contributed by atoms with Crippen LogP contribution in [0, 0.1) is 0 Å². The third kappa shape index (κ3) is 3.18. The number of carbonyl (C=O) groups excluding carboxylic acids is 2. The second kappa shape index (κ2) is 5.80. The van der Waals surface area contributed by atoms with E-state index in [0.717, 1.165) is 0 Å². The minimum absolute atomic E-state index is 0.202. The van der Waals surface area contributed by atoms with Crippen molar-refractivity contribution >= 4 is 34.7 Å². The predicted octanol–water partition coefficient (Wildman–Crippen LogP) is 3.44. The maximum Gasteiger partial charge on any atom is 0.338 e. The van der Waals surface area contributed by atoms with Crippen LogP contribution in [-0.2, 0) is 4.74 Å². The summed E-state index contributed by atoms with van der Waals surface area (Å²) in [5.74, 6) is -0.733. The second-order valence-corrected chi connectivity index (χ2v) is 4.87. The molecule has 0 N–H and O–H groups in total. The quantitative estimate of drug-likeness (QED) is 0.636. The molecule has 0 spiro atoms. The Morgan fingerprint density at radius 2 is 1.89 bits per heavy atom. The third-order valence-electron chi connectivity index (χ3n) is 2.21. The summed E-state index contributed by atoms with van der Waals surface area (Å²) in [6.45, 7) is -0.248. The average molecular weight is 281 g/mol. The maximum atomic E-state index is 11.6. The van der Waals surface area contributed by atoms with Gasteiger partial charge in [-0.1, -0.05) is 17.7 Å². The van der Waals surface area contributed by atoms with E-state index in [1.807, 2.05) is 0 Å². The van der Waals surface area contributed by atoms with Gasteiger partial charge in [0.2, 0.25) is 5.78 Å². The summed E-state index contributed by atoms with van der Waals surface area (Å²) in [6, 6.07) is 9.78. The van der Waals surface area contributed by atoms with Gasteiger partial charge in [-0.25, -0.2) is 4.79 Å². The zero-order chi connectivity index (χ0) is 13.0. The number of hydrogen-bond donors (Lipinski definition) is 0. The van der Waals surface area contributed by atoms with Crippen LogP contribution in [0.3, 0.4) is 0 Å². The molecule has 0 fully saturated rings. The van der Waals surface area contributed by atoms with Crippen LogP contribution in [0.4, 0.5) is 0 Å². The summed E-state index contributed by atoms with van der Waals surface area (Å²) in [5, 5.41) is 2.34. The minimum atomic E-state index is -0.531. The van der Waals surface area contributed by atoms with Crippen molar-refractivity contribution in [2.75, 3.05) is 6.61 Å². The van der Waals surface area contributed by atoms with E-state index in [9.17, 15) is 9.59 Å². The molecule has 0 unspecified atom stereocenters. The number of ether oxygens (including phenoxy) is 1. The summed E-state index contributed by atoms with van der Waals surface area (Å²) in [4.78, 5) is 23.8. The molecule has 1 heterocycles. The monoisotopic (exact) mass is 280 g/mol. The van der Waals surface area contributed by atoms with E-state index in [-0.39, 0.29) is 12.4 Å². The molecular formula is C13H9ClO3S. The lowest BCUT2D eigenvalue weighted by atomic mass is 10.2. The average Bonchev–Trinajstić information content (AvgIpc) is 2.90. The fourth-order valence-electron chi connectivity index (χ4n) is 1.31. The molecule has 0 bridgehead atoms. The van der Waals surface area contributed by atoms with Crippen molar-refractivity contribution in [2.45, 2.75) is 0 Å². The molecule has 0 aliphatic rings. The number of benzene rings is 1. The molecule has 2 rings (SSSR count). The molecular weight excluding hydrogens is 272 g/mol. The highest BCUT2D eigenvalue weighted by Crippen LogP contribution is 2.12. The van der Waals surface area contributed by atoms with Gasteiger partial charge in [-0.2, -0.15) is 0 Å². The van der Waals surface area contributed by atoms with Gasteiger partial charge in [0.05, 0.1) is 10.4 Å². The molecule has 0 aliphatic carbocycles. The van der Waals surface area contributed by atoms with Gasteiger partial charge in [-0.05, 0) is 35.7 Å². The molecule has 18 heavy (non-hydrogen) atoms. The molecule has 1 aromatic heterocycles. The SMILES string of the molecule is O=C(OCC(=O)c1cccs1)c1ccc(Cl)cc1. The van der Waals surface area contributed by atoms with Crippen LogP contribution in [0.1, 0.15) is 20.0 Å². The lowest BCUT2D eigenvalue weighted by Gasteiger charge is -2.03. The number of esters is 1. The summed E-state index contributed by atoms with van der Waals surface area (Å²) >= 11 is 7.03. The fraction of sp³-hybridized carbons (Fsp3) is 0.0769. The molecule has 0 amide bonds. The van der Waals surface area contributed by atoms with Gasteiger partial charge in [-0.3, -0.25) is 4.79 Å². The Labute approximate surface area is 113 Å². The van der Waals surface area contributed by atoms with Crippen molar-refractivity contribution < 1.29 is 14.3 Å². The Balaban J connectivity index is 1.92. The van der Waals surface area contributed by atoms with Gasteiger partial charge in [0.25, 0.3) is 0 Å². The summed E-state index contributed by atoms with van der Waals surface area (Å²) in [7, 11) is 0. The fourth-order valence-corrected chi connectivity index (χ4v) is 2.09. The molecule has 3 nitrogen and oxygen atoms in total. The van der Waals surface area contributed by atoms with Gasteiger partial charge < -0.3 is 4.74 Å². The van der Waals surface area contributed by atoms with Crippen LogP contribution in [0.5, 0.6) is 0 Å². The largest absolute Gasteiger partial charge is 0.454 e. The van der Waals surface area contributed by atoms with Crippen LogP contribution in [0.2, 0.25) is 5.02 Å². The van der Waals surface area contributed by atoms with Crippen molar-refractivity contribution in [3.05, 3.63) is 57.2 Å². The van der Waals surface area contributed by atoms with Crippen LogP contribution < -0.4 is 0 Å². The zero-order valence-electron chi connectivity index (χ0n) is 9.26. The highest BCUT2D eigenvalue weighted by molar-refractivity contribution is 7.12. The van der Waals surface area contributed by atoms with Gasteiger partial charge in [-0.15, -0.1) is 11.3 Å². The molecule has 1 aromatic carbocycles. The lowest BCUT2D eigenvalue weighted by molar-refractivity contribution is 0.0476. The number of Topliss-reactive ketones (excluding diaryl/α,β-unsaturated/α-hetero) is 1. The van der Waals surface area contributed by atoms with E-state index in [2.05, 4.69) is 0 Å². The van der Waals surface area contributed by atoms with Gasteiger partial charge in [0.15, 0.2) is 6.61 Å².